The standard InChI is InChI=1S/C18H22N2O4S/c1-13(2)24-15-8-10-16(11-9-15)25(22,23)19-12-18(21)20-17-7-5-4-6-14(17)3/h4-11,13,19H,12H2,1-3H3,(H,20,21). The van der Waals surface area contributed by atoms with E-state index in [1.165, 1.54) is 12.1 Å². The SMILES string of the molecule is Cc1ccccc1NC(=O)CNS(=O)(=O)c1ccc(OC(C)C)cc1. The summed E-state index contributed by atoms with van der Waals surface area (Å²) in [5.41, 5.74) is 1.56. The Morgan fingerprint density at radius 1 is 1.08 bits per heavy atom. The molecule has 134 valence electrons. The second-order valence-electron chi connectivity index (χ2n) is 5.83. The molecular weight excluding hydrogens is 340 g/mol. The first kappa shape index (κ1) is 19.0. The van der Waals surface area contributed by atoms with E-state index in [0.29, 0.717) is 11.4 Å². The van der Waals surface area contributed by atoms with Gasteiger partial charge >= 0.3 is 0 Å². The van der Waals surface area contributed by atoms with Crippen molar-refractivity contribution in [3.05, 3.63) is 54.1 Å². The summed E-state index contributed by atoms with van der Waals surface area (Å²) in [5.74, 6) is 0.156. The molecule has 0 atom stereocenters. The Hall–Kier alpha value is -2.38. The lowest BCUT2D eigenvalue weighted by molar-refractivity contribution is -0.115. The monoisotopic (exact) mass is 362 g/mol. The van der Waals surface area contributed by atoms with E-state index in [1.807, 2.05) is 32.9 Å². The molecule has 0 fully saturated rings. The number of nitrogens with one attached hydrogen (secondary N) is 2. The third kappa shape index (κ3) is 5.58. The number of carbonyl (C=O) groups excluding carboxylic acids is 1. The molecule has 2 rings (SSSR count). The normalized spacial score (nSPS) is 11.4. The third-order valence-corrected chi connectivity index (χ3v) is 4.76. The maximum Gasteiger partial charge on any atom is 0.241 e. The number of ether oxygens (including phenoxy) is 1. The molecule has 0 saturated heterocycles. The number of hydrogen-bond donors (Lipinski definition) is 2. The minimum atomic E-state index is -3.77. The number of anilines is 1. The van der Waals surface area contributed by atoms with Gasteiger partial charge in [-0.15, -0.1) is 0 Å². The molecule has 0 aliphatic rings. The highest BCUT2D eigenvalue weighted by atomic mass is 32.2. The van der Waals surface area contributed by atoms with Crippen molar-refractivity contribution >= 4 is 21.6 Å². The van der Waals surface area contributed by atoms with Gasteiger partial charge < -0.3 is 10.1 Å². The molecule has 0 aliphatic carbocycles. The first-order chi connectivity index (χ1) is 11.8. The van der Waals surface area contributed by atoms with Crippen molar-refractivity contribution in [3.63, 3.8) is 0 Å². The van der Waals surface area contributed by atoms with E-state index >= 15 is 0 Å². The number of rotatable bonds is 7. The highest BCUT2D eigenvalue weighted by Crippen LogP contribution is 2.17. The van der Waals surface area contributed by atoms with Crippen molar-refractivity contribution < 1.29 is 17.9 Å². The van der Waals surface area contributed by atoms with Gasteiger partial charge in [0.05, 0.1) is 17.5 Å². The van der Waals surface area contributed by atoms with Crippen LogP contribution in [0.5, 0.6) is 5.75 Å². The Kier molecular flexibility index (Phi) is 6.17. The van der Waals surface area contributed by atoms with Gasteiger partial charge in [-0.3, -0.25) is 4.79 Å². The lowest BCUT2D eigenvalue weighted by atomic mass is 10.2. The fourth-order valence-corrected chi connectivity index (χ4v) is 3.10. The molecule has 0 unspecified atom stereocenters. The van der Waals surface area contributed by atoms with Crippen LogP contribution in [-0.4, -0.2) is 27.0 Å². The van der Waals surface area contributed by atoms with Gasteiger partial charge in [0, 0.05) is 5.69 Å². The zero-order valence-corrected chi connectivity index (χ0v) is 15.3. The average Bonchev–Trinajstić information content (AvgIpc) is 2.55. The number of carbonyl (C=O) groups is 1. The minimum Gasteiger partial charge on any atom is -0.491 e. The van der Waals surface area contributed by atoms with Crippen molar-refractivity contribution in [2.24, 2.45) is 0 Å². The summed E-state index contributed by atoms with van der Waals surface area (Å²) in [7, 11) is -3.77. The largest absolute Gasteiger partial charge is 0.491 e. The van der Waals surface area contributed by atoms with Gasteiger partial charge in [0.1, 0.15) is 5.75 Å². The van der Waals surface area contributed by atoms with Gasteiger partial charge in [-0.1, -0.05) is 18.2 Å². The summed E-state index contributed by atoms with van der Waals surface area (Å²) in [6.45, 7) is 5.29. The number of amides is 1. The van der Waals surface area contributed by atoms with Crippen LogP contribution in [0.3, 0.4) is 0 Å². The van der Waals surface area contributed by atoms with E-state index < -0.39 is 15.9 Å². The molecule has 0 aliphatic heterocycles. The topological polar surface area (TPSA) is 84.5 Å². The summed E-state index contributed by atoms with van der Waals surface area (Å²) < 4.78 is 32.3. The molecule has 6 nitrogen and oxygen atoms in total. The molecule has 7 heteroatoms. The molecule has 0 aromatic heterocycles. The van der Waals surface area contributed by atoms with Crippen LogP contribution in [0.25, 0.3) is 0 Å². The van der Waals surface area contributed by atoms with E-state index in [0.717, 1.165) is 5.56 Å². The number of hydrogen-bond acceptors (Lipinski definition) is 4. The first-order valence-electron chi connectivity index (χ1n) is 7.90. The molecule has 0 bridgehead atoms. The Morgan fingerprint density at radius 3 is 2.32 bits per heavy atom. The lowest BCUT2D eigenvalue weighted by Gasteiger charge is -2.11. The fourth-order valence-electron chi connectivity index (χ4n) is 2.12. The van der Waals surface area contributed by atoms with Crippen molar-refractivity contribution in [3.8, 4) is 5.75 Å². The van der Waals surface area contributed by atoms with Gasteiger partial charge in [-0.05, 0) is 56.7 Å². The summed E-state index contributed by atoms with van der Waals surface area (Å²) in [4.78, 5) is 12.0. The molecular formula is C18H22N2O4S. The fraction of sp³-hybridized carbons (Fsp3) is 0.278. The maximum absolute atomic E-state index is 12.3. The zero-order valence-electron chi connectivity index (χ0n) is 14.4. The number of sulfonamides is 1. The first-order valence-corrected chi connectivity index (χ1v) is 9.38. The molecule has 0 radical (unpaired) electrons. The third-order valence-electron chi connectivity index (χ3n) is 3.35. The second kappa shape index (κ2) is 8.13. The highest BCUT2D eigenvalue weighted by molar-refractivity contribution is 7.89. The molecule has 0 saturated carbocycles. The van der Waals surface area contributed by atoms with E-state index in [9.17, 15) is 13.2 Å². The van der Waals surface area contributed by atoms with Crippen molar-refractivity contribution in [2.75, 3.05) is 11.9 Å². The molecule has 0 heterocycles. The smallest absolute Gasteiger partial charge is 0.241 e. The Balaban J connectivity index is 1.96. The minimum absolute atomic E-state index is 0.00530. The van der Waals surface area contributed by atoms with Crippen LogP contribution in [-0.2, 0) is 14.8 Å². The molecule has 0 spiro atoms. The van der Waals surface area contributed by atoms with Gasteiger partial charge in [-0.2, -0.15) is 0 Å². The van der Waals surface area contributed by atoms with Crippen molar-refractivity contribution in [1.29, 1.82) is 0 Å². The lowest BCUT2D eigenvalue weighted by Crippen LogP contribution is -2.33. The Labute approximate surface area is 148 Å². The van der Waals surface area contributed by atoms with Crippen LogP contribution in [0.4, 0.5) is 5.69 Å². The molecule has 1 amide bonds. The van der Waals surface area contributed by atoms with E-state index in [4.69, 9.17) is 4.74 Å². The van der Waals surface area contributed by atoms with Crippen LogP contribution in [0.1, 0.15) is 19.4 Å². The van der Waals surface area contributed by atoms with Crippen molar-refractivity contribution in [2.45, 2.75) is 31.8 Å². The zero-order chi connectivity index (χ0) is 18.4. The van der Waals surface area contributed by atoms with Crippen LogP contribution in [0, 0.1) is 6.92 Å². The van der Waals surface area contributed by atoms with Crippen LogP contribution in [0.15, 0.2) is 53.4 Å². The van der Waals surface area contributed by atoms with Gasteiger partial charge in [0.2, 0.25) is 15.9 Å². The Morgan fingerprint density at radius 2 is 1.72 bits per heavy atom. The maximum atomic E-state index is 12.3. The number of benzene rings is 2. The summed E-state index contributed by atoms with van der Waals surface area (Å²) in [5, 5.41) is 2.68. The van der Waals surface area contributed by atoms with Crippen LogP contribution in [0.2, 0.25) is 0 Å². The number of aryl methyl sites for hydroxylation is 1. The van der Waals surface area contributed by atoms with Gasteiger partial charge in [-0.25, -0.2) is 13.1 Å². The van der Waals surface area contributed by atoms with E-state index in [-0.39, 0.29) is 17.5 Å². The summed E-state index contributed by atoms with van der Waals surface area (Å²) in [6, 6.07) is 13.3. The van der Waals surface area contributed by atoms with Gasteiger partial charge in [0.25, 0.3) is 0 Å². The average molecular weight is 362 g/mol. The predicted molar refractivity (Wildman–Crippen MR) is 97.2 cm³/mol. The number of para-hydroxylation sites is 1. The highest BCUT2D eigenvalue weighted by Gasteiger charge is 2.16. The summed E-state index contributed by atoms with van der Waals surface area (Å²) >= 11 is 0. The molecule has 2 aromatic rings. The molecule has 2 aromatic carbocycles. The van der Waals surface area contributed by atoms with E-state index in [2.05, 4.69) is 10.0 Å². The summed E-state index contributed by atoms with van der Waals surface area (Å²) in [6.07, 6.45) is 0.00530. The molecule has 2 N–H and O–H groups in total. The quantitative estimate of drug-likeness (QED) is 0.793. The van der Waals surface area contributed by atoms with Gasteiger partial charge in [0.15, 0.2) is 0 Å². The predicted octanol–water partition coefficient (Wildman–Crippen LogP) is 2.70. The van der Waals surface area contributed by atoms with Crippen molar-refractivity contribution in [1.82, 2.24) is 4.72 Å². The Bertz CT molecular complexity index is 830. The van der Waals surface area contributed by atoms with E-state index in [1.54, 1.807) is 24.3 Å². The van der Waals surface area contributed by atoms with Crippen LogP contribution < -0.4 is 14.8 Å². The molecule has 25 heavy (non-hydrogen) atoms. The second-order valence-corrected chi connectivity index (χ2v) is 7.59. The van der Waals surface area contributed by atoms with Crippen LogP contribution >= 0.6 is 0 Å².